The number of fused-ring (bicyclic) bond motifs is 1. The summed E-state index contributed by atoms with van der Waals surface area (Å²) in [6.45, 7) is 2.00. The number of imide groups is 1. The molecular formula is C18H20N2O3. The van der Waals surface area contributed by atoms with Crippen LogP contribution in [0.5, 0.6) is 0 Å². The zero-order chi connectivity index (χ0) is 16.4. The molecule has 0 bridgehead atoms. The standard InChI is InChI=1S/C18H20N2O3/c1-12(16(21)19-11-13-7-3-2-4-8-13)20-17(22)14-9-5-6-10-15(14)18(20)23/h2-8,12,14-15H,9-11H2,1H3,(H,19,21)/t12-,14-,15-/m0/s1. The molecule has 0 aromatic heterocycles. The Hall–Kier alpha value is -2.43. The molecule has 0 radical (unpaired) electrons. The molecule has 1 aliphatic carbocycles. The predicted octanol–water partition coefficient (Wildman–Crippen LogP) is 1.64. The molecule has 1 saturated heterocycles. The quantitative estimate of drug-likeness (QED) is 0.679. The number of carbonyl (C=O) groups is 3. The normalized spacial score (nSPS) is 24.5. The van der Waals surface area contributed by atoms with E-state index in [-0.39, 0.29) is 29.6 Å². The minimum absolute atomic E-state index is 0.216. The zero-order valence-corrected chi connectivity index (χ0v) is 13.1. The lowest BCUT2D eigenvalue weighted by atomic mass is 9.85. The summed E-state index contributed by atoms with van der Waals surface area (Å²) in [6.07, 6.45) is 5.06. The van der Waals surface area contributed by atoms with E-state index in [1.807, 2.05) is 42.5 Å². The van der Waals surface area contributed by atoms with E-state index < -0.39 is 6.04 Å². The number of rotatable bonds is 4. The third-order valence-electron chi connectivity index (χ3n) is 4.62. The first-order chi connectivity index (χ1) is 11.1. The highest BCUT2D eigenvalue weighted by Crippen LogP contribution is 2.36. The summed E-state index contributed by atoms with van der Waals surface area (Å²) < 4.78 is 0. The smallest absolute Gasteiger partial charge is 0.243 e. The summed E-state index contributed by atoms with van der Waals surface area (Å²) in [5.41, 5.74) is 0.977. The molecule has 1 heterocycles. The van der Waals surface area contributed by atoms with Crippen molar-refractivity contribution in [1.29, 1.82) is 0 Å². The van der Waals surface area contributed by atoms with Gasteiger partial charge in [0.2, 0.25) is 17.7 Å². The molecular weight excluding hydrogens is 292 g/mol. The fourth-order valence-corrected chi connectivity index (χ4v) is 3.26. The molecule has 1 N–H and O–H groups in total. The van der Waals surface area contributed by atoms with Crippen molar-refractivity contribution < 1.29 is 14.4 Å². The number of allylic oxidation sites excluding steroid dienone is 2. The Kier molecular flexibility index (Phi) is 4.28. The van der Waals surface area contributed by atoms with E-state index in [0.717, 1.165) is 10.5 Å². The monoisotopic (exact) mass is 312 g/mol. The van der Waals surface area contributed by atoms with Crippen LogP contribution in [0.1, 0.15) is 25.3 Å². The van der Waals surface area contributed by atoms with Crippen molar-refractivity contribution in [1.82, 2.24) is 10.2 Å². The van der Waals surface area contributed by atoms with Crippen molar-refractivity contribution in [3.63, 3.8) is 0 Å². The third kappa shape index (κ3) is 2.91. The van der Waals surface area contributed by atoms with E-state index in [4.69, 9.17) is 0 Å². The van der Waals surface area contributed by atoms with Gasteiger partial charge in [-0.2, -0.15) is 0 Å². The summed E-state index contributed by atoms with van der Waals surface area (Å²) >= 11 is 0. The van der Waals surface area contributed by atoms with Crippen LogP contribution in [0.3, 0.4) is 0 Å². The van der Waals surface area contributed by atoms with Gasteiger partial charge < -0.3 is 5.32 Å². The molecule has 3 atom stereocenters. The van der Waals surface area contributed by atoms with Crippen LogP contribution in [-0.4, -0.2) is 28.7 Å². The van der Waals surface area contributed by atoms with Gasteiger partial charge in [-0.05, 0) is 25.3 Å². The van der Waals surface area contributed by atoms with Crippen LogP contribution in [0, 0.1) is 11.8 Å². The molecule has 1 aromatic carbocycles. The molecule has 0 spiro atoms. The molecule has 120 valence electrons. The maximum Gasteiger partial charge on any atom is 0.243 e. The van der Waals surface area contributed by atoms with Gasteiger partial charge in [0.15, 0.2) is 0 Å². The molecule has 2 aliphatic rings. The SMILES string of the molecule is C[C@@H](C(=O)NCc1ccccc1)N1C(=O)[C@H]2CC=CC[C@@H]2C1=O. The Morgan fingerprint density at radius 2 is 1.70 bits per heavy atom. The molecule has 1 fully saturated rings. The molecule has 23 heavy (non-hydrogen) atoms. The number of likely N-dealkylation sites (tertiary alicyclic amines) is 1. The number of nitrogens with zero attached hydrogens (tertiary/aromatic N) is 1. The van der Waals surface area contributed by atoms with Crippen LogP contribution in [0.2, 0.25) is 0 Å². The van der Waals surface area contributed by atoms with Crippen LogP contribution in [-0.2, 0) is 20.9 Å². The minimum atomic E-state index is -0.774. The maximum absolute atomic E-state index is 12.5. The van der Waals surface area contributed by atoms with Gasteiger partial charge in [0, 0.05) is 6.54 Å². The van der Waals surface area contributed by atoms with Gasteiger partial charge in [-0.1, -0.05) is 42.5 Å². The molecule has 1 aromatic rings. The second kappa shape index (κ2) is 6.36. The number of hydrogen-bond donors (Lipinski definition) is 1. The molecule has 5 heteroatoms. The van der Waals surface area contributed by atoms with Gasteiger partial charge in [-0.3, -0.25) is 19.3 Å². The third-order valence-corrected chi connectivity index (χ3v) is 4.62. The Labute approximate surface area is 135 Å². The second-order valence-electron chi connectivity index (χ2n) is 6.08. The van der Waals surface area contributed by atoms with Gasteiger partial charge in [0.1, 0.15) is 6.04 Å². The van der Waals surface area contributed by atoms with Gasteiger partial charge in [0.05, 0.1) is 11.8 Å². The fraction of sp³-hybridized carbons (Fsp3) is 0.389. The lowest BCUT2D eigenvalue weighted by Gasteiger charge is -2.22. The van der Waals surface area contributed by atoms with Crippen LogP contribution in [0.4, 0.5) is 0 Å². The lowest BCUT2D eigenvalue weighted by molar-refractivity contribution is -0.147. The Bertz CT molecular complexity index is 627. The largest absolute Gasteiger partial charge is 0.350 e. The topological polar surface area (TPSA) is 66.5 Å². The van der Waals surface area contributed by atoms with Crippen LogP contribution in [0.15, 0.2) is 42.5 Å². The van der Waals surface area contributed by atoms with E-state index in [2.05, 4.69) is 5.32 Å². The van der Waals surface area contributed by atoms with Crippen molar-refractivity contribution in [2.24, 2.45) is 11.8 Å². The van der Waals surface area contributed by atoms with E-state index >= 15 is 0 Å². The number of hydrogen-bond acceptors (Lipinski definition) is 3. The molecule has 1 aliphatic heterocycles. The lowest BCUT2D eigenvalue weighted by Crippen LogP contribution is -2.48. The van der Waals surface area contributed by atoms with Crippen LogP contribution >= 0.6 is 0 Å². The average molecular weight is 312 g/mol. The summed E-state index contributed by atoms with van der Waals surface area (Å²) in [4.78, 5) is 38.4. The predicted molar refractivity (Wildman–Crippen MR) is 85.0 cm³/mol. The van der Waals surface area contributed by atoms with Gasteiger partial charge in [-0.25, -0.2) is 0 Å². The van der Waals surface area contributed by atoms with Crippen molar-refractivity contribution in [2.45, 2.75) is 32.4 Å². The second-order valence-corrected chi connectivity index (χ2v) is 6.08. The number of nitrogens with one attached hydrogen (secondary N) is 1. The van der Waals surface area contributed by atoms with Gasteiger partial charge in [-0.15, -0.1) is 0 Å². The first kappa shape index (κ1) is 15.5. The summed E-state index contributed by atoms with van der Waals surface area (Å²) in [6, 6.07) is 8.76. The molecule has 5 nitrogen and oxygen atoms in total. The highest BCUT2D eigenvalue weighted by Gasteiger charge is 2.49. The minimum Gasteiger partial charge on any atom is -0.350 e. The highest BCUT2D eigenvalue weighted by molar-refractivity contribution is 6.08. The molecule has 0 unspecified atom stereocenters. The summed E-state index contributed by atoms with van der Waals surface area (Å²) in [5, 5.41) is 2.80. The van der Waals surface area contributed by atoms with E-state index in [9.17, 15) is 14.4 Å². The Morgan fingerprint density at radius 3 is 2.26 bits per heavy atom. The Balaban J connectivity index is 1.65. The number of amides is 3. The zero-order valence-electron chi connectivity index (χ0n) is 13.1. The van der Waals surface area contributed by atoms with Crippen LogP contribution < -0.4 is 5.32 Å². The fourth-order valence-electron chi connectivity index (χ4n) is 3.26. The Morgan fingerprint density at radius 1 is 1.13 bits per heavy atom. The van der Waals surface area contributed by atoms with Crippen molar-refractivity contribution in [2.75, 3.05) is 0 Å². The number of benzene rings is 1. The molecule has 3 rings (SSSR count). The number of carbonyl (C=O) groups excluding carboxylic acids is 3. The maximum atomic E-state index is 12.5. The first-order valence-electron chi connectivity index (χ1n) is 7.93. The summed E-state index contributed by atoms with van der Waals surface area (Å²) in [7, 11) is 0. The highest BCUT2D eigenvalue weighted by atomic mass is 16.2. The summed E-state index contributed by atoms with van der Waals surface area (Å²) in [5.74, 6) is -1.32. The van der Waals surface area contributed by atoms with Crippen LogP contribution in [0.25, 0.3) is 0 Å². The van der Waals surface area contributed by atoms with E-state index in [1.54, 1.807) is 6.92 Å². The average Bonchev–Trinajstić information content (AvgIpc) is 2.84. The molecule has 3 amide bonds. The van der Waals surface area contributed by atoms with Crippen molar-refractivity contribution in [3.05, 3.63) is 48.0 Å². The van der Waals surface area contributed by atoms with Gasteiger partial charge >= 0.3 is 0 Å². The molecule has 0 saturated carbocycles. The van der Waals surface area contributed by atoms with E-state index in [0.29, 0.717) is 19.4 Å². The van der Waals surface area contributed by atoms with E-state index in [1.165, 1.54) is 0 Å². The first-order valence-corrected chi connectivity index (χ1v) is 7.93. The van der Waals surface area contributed by atoms with Crippen molar-refractivity contribution in [3.8, 4) is 0 Å². The van der Waals surface area contributed by atoms with Gasteiger partial charge in [0.25, 0.3) is 0 Å². The van der Waals surface area contributed by atoms with Crippen molar-refractivity contribution >= 4 is 17.7 Å².